The molecule has 3 aromatic carbocycles. The monoisotopic (exact) mass is 572 g/mol. The number of amides is 2. The van der Waals surface area contributed by atoms with Crippen molar-refractivity contribution in [2.45, 2.75) is 26.3 Å². The number of para-hydroxylation sites is 1. The molecule has 220 valence electrons. The number of hydrogen-bond donors (Lipinski definition) is 0. The Bertz CT molecular complexity index is 1470. The Balaban J connectivity index is 1.46. The maximum Gasteiger partial charge on any atom is 0.262 e. The molecular formula is C33H37FN4O4. The highest BCUT2D eigenvalue weighted by Gasteiger charge is 2.36. The van der Waals surface area contributed by atoms with Crippen LogP contribution in [0.5, 0.6) is 5.75 Å². The Kier molecular flexibility index (Phi) is 9.29. The van der Waals surface area contributed by atoms with Crippen LogP contribution in [0.1, 0.15) is 45.1 Å². The third-order valence-corrected chi connectivity index (χ3v) is 8.01. The number of hydrazone groups is 1. The third kappa shape index (κ3) is 6.53. The third-order valence-electron chi connectivity index (χ3n) is 8.01. The molecule has 0 N–H and O–H groups in total. The van der Waals surface area contributed by atoms with E-state index in [4.69, 9.17) is 14.6 Å². The van der Waals surface area contributed by atoms with Gasteiger partial charge in [-0.25, -0.2) is 9.40 Å². The van der Waals surface area contributed by atoms with Crippen molar-refractivity contribution >= 4 is 17.5 Å². The second-order valence-corrected chi connectivity index (χ2v) is 10.7. The predicted octanol–water partition coefficient (Wildman–Crippen LogP) is 4.60. The second-order valence-electron chi connectivity index (χ2n) is 10.7. The number of aryl methyl sites for hydroxylation is 2. The van der Waals surface area contributed by atoms with E-state index in [0.29, 0.717) is 31.9 Å². The van der Waals surface area contributed by atoms with E-state index < -0.39 is 17.8 Å². The second kappa shape index (κ2) is 13.3. The summed E-state index contributed by atoms with van der Waals surface area (Å²) in [6.45, 7) is 7.38. The first kappa shape index (κ1) is 29.4. The van der Waals surface area contributed by atoms with Crippen LogP contribution in [0.25, 0.3) is 0 Å². The van der Waals surface area contributed by atoms with Crippen molar-refractivity contribution in [2.75, 3.05) is 53.0 Å². The summed E-state index contributed by atoms with van der Waals surface area (Å²) in [5, 5.41) is 6.29. The molecule has 0 bridgehead atoms. The number of carbonyl (C=O) groups excluding carboxylic acids is 2. The van der Waals surface area contributed by atoms with Crippen molar-refractivity contribution < 1.29 is 23.5 Å². The van der Waals surface area contributed by atoms with Crippen LogP contribution in [0.4, 0.5) is 4.39 Å². The van der Waals surface area contributed by atoms with Crippen molar-refractivity contribution in [3.05, 3.63) is 100 Å². The maximum atomic E-state index is 14.7. The SMILES string of the molecule is COc1ccccc1C1CC(c2ccc(C)c(C)c2)=NN1C(=O)CN(CCN1CCOCC1)C(=O)c1ccccc1F. The normalized spacial score (nSPS) is 17.2. The van der Waals surface area contributed by atoms with E-state index >= 15 is 0 Å². The summed E-state index contributed by atoms with van der Waals surface area (Å²) >= 11 is 0. The van der Waals surface area contributed by atoms with Gasteiger partial charge in [-0.2, -0.15) is 5.10 Å². The standard InChI is InChI=1S/C33H37FN4O4/c1-23-12-13-25(20-24(23)2)29-21-30(27-9-5-7-11-31(27)41-3)38(35-29)32(39)22-37(15-14-36-16-18-42-19-17-36)33(40)26-8-4-6-10-28(26)34/h4-13,20,30H,14-19,21-22H2,1-3H3. The molecule has 3 aromatic rings. The van der Waals surface area contributed by atoms with Gasteiger partial charge in [-0.3, -0.25) is 14.5 Å². The van der Waals surface area contributed by atoms with Crippen molar-refractivity contribution in [1.29, 1.82) is 0 Å². The van der Waals surface area contributed by atoms with Gasteiger partial charge in [0.1, 0.15) is 18.1 Å². The molecule has 42 heavy (non-hydrogen) atoms. The molecule has 2 heterocycles. The summed E-state index contributed by atoms with van der Waals surface area (Å²) in [5.41, 5.74) is 4.81. The van der Waals surface area contributed by atoms with Crippen LogP contribution >= 0.6 is 0 Å². The van der Waals surface area contributed by atoms with Crippen LogP contribution in [0.3, 0.4) is 0 Å². The minimum atomic E-state index is -0.616. The molecule has 2 amide bonds. The van der Waals surface area contributed by atoms with E-state index in [9.17, 15) is 14.0 Å². The van der Waals surface area contributed by atoms with E-state index in [1.807, 2.05) is 30.3 Å². The lowest BCUT2D eigenvalue weighted by atomic mass is 9.96. The summed E-state index contributed by atoms with van der Waals surface area (Å²) in [5.74, 6) is -0.838. The molecule has 5 rings (SSSR count). The lowest BCUT2D eigenvalue weighted by molar-refractivity contribution is -0.133. The first-order chi connectivity index (χ1) is 20.4. The van der Waals surface area contributed by atoms with E-state index in [0.717, 1.165) is 35.5 Å². The molecule has 0 radical (unpaired) electrons. The Morgan fingerprint density at radius 1 is 1.02 bits per heavy atom. The first-order valence-electron chi connectivity index (χ1n) is 14.3. The summed E-state index contributed by atoms with van der Waals surface area (Å²) in [6, 6.07) is 19.2. The van der Waals surface area contributed by atoms with Crippen LogP contribution in [-0.2, 0) is 9.53 Å². The van der Waals surface area contributed by atoms with Crippen LogP contribution in [-0.4, -0.2) is 85.4 Å². The van der Waals surface area contributed by atoms with E-state index in [2.05, 4.69) is 30.9 Å². The minimum Gasteiger partial charge on any atom is -0.496 e. The fourth-order valence-electron chi connectivity index (χ4n) is 5.40. The zero-order chi connectivity index (χ0) is 29.6. The van der Waals surface area contributed by atoms with Gasteiger partial charge in [0, 0.05) is 38.2 Å². The molecule has 2 aliphatic heterocycles. The molecule has 0 spiro atoms. The van der Waals surface area contributed by atoms with Crippen LogP contribution in [0.15, 0.2) is 71.8 Å². The number of halogens is 1. The lowest BCUT2D eigenvalue weighted by Crippen LogP contribution is -2.46. The maximum absolute atomic E-state index is 14.7. The lowest BCUT2D eigenvalue weighted by Gasteiger charge is -2.31. The van der Waals surface area contributed by atoms with Gasteiger partial charge in [0.25, 0.3) is 11.8 Å². The van der Waals surface area contributed by atoms with E-state index in [1.165, 1.54) is 27.6 Å². The quantitative estimate of drug-likeness (QED) is 0.375. The minimum absolute atomic E-state index is 0.0608. The van der Waals surface area contributed by atoms with Gasteiger partial charge < -0.3 is 14.4 Å². The number of morpholine rings is 1. The average molecular weight is 573 g/mol. The van der Waals surface area contributed by atoms with E-state index in [1.54, 1.807) is 19.2 Å². The van der Waals surface area contributed by atoms with Crippen molar-refractivity contribution in [2.24, 2.45) is 5.10 Å². The zero-order valence-corrected chi connectivity index (χ0v) is 24.4. The number of rotatable bonds is 9. The molecule has 1 saturated heterocycles. The molecule has 2 aliphatic rings. The predicted molar refractivity (Wildman–Crippen MR) is 159 cm³/mol. The van der Waals surface area contributed by atoms with Gasteiger partial charge in [0.15, 0.2) is 0 Å². The number of benzene rings is 3. The number of hydrogen-bond acceptors (Lipinski definition) is 6. The van der Waals surface area contributed by atoms with Crippen LogP contribution < -0.4 is 4.74 Å². The Morgan fingerprint density at radius 3 is 2.50 bits per heavy atom. The summed E-state index contributed by atoms with van der Waals surface area (Å²) in [7, 11) is 1.60. The van der Waals surface area contributed by atoms with Crippen LogP contribution in [0.2, 0.25) is 0 Å². The van der Waals surface area contributed by atoms with Crippen molar-refractivity contribution in [3.8, 4) is 5.75 Å². The number of nitrogens with zero attached hydrogens (tertiary/aromatic N) is 4. The molecule has 1 unspecified atom stereocenters. The Morgan fingerprint density at radius 2 is 1.76 bits per heavy atom. The molecular weight excluding hydrogens is 535 g/mol. The zero-order valence-electron chi connectivity index (χ0n) is 24.4. The van der Waals surface area contributed by atoms with Crippen LogP contribution in [0, 0.1) is 19.7 Å². The highest BCUT2D eigenvalue weighted by atomic mass is 19.1. The smallest absolute Gasteiger partial charge is 0.262 e. The van der Waals surface area contributed by atoms with Gasteiger partial charge in [-0.05, 0) is 54.8 Å². The summed E-state index contributed by atoms with van der Waals surface area (Å²) in [4.78, 5) is 31.3. The Labute approximate surface area is 246 Å². The largest absolute Gasteiger partial charge is 0.496 e. The summed E-state index contributed by atoms with van der Waals surface area (Å²) < 4.78 is 25.8. The fourth-order valence-corrected chi connectivity index (χ4v) is 5.40. The molecule has 0 saturated carbocycles. The topological polar surface area (TPSA) is 74.7 Å². The van der Waals surface area contributed by atoms with Gasteiger partial charge in [0.2, 0.25) is 0 Å². The molecule has 1 fully saturated rings. The van der Waals surface area contributed by atoms with Crippen molar-refractivity contribution in [1.82, 2.24) is 14.8 Å². The Hall–Kier alpha value is -4.08. The average Bonchev–Trinajstić information content (AvgIpc) is 3.46. The molecule has 0 aromatic heterocycles. The highest BCUT2D eigenvalue weighted by molar-refractivity contribution is 6.04. The van der Waals surface area contributed by atoms with Crippen molar-refractivity contribution in [3.63, 3.8) is 0 Å². The van der Waals surface area contributed by atoms with E-state index in [-0.39, 0.29) is 24.6 Å². The van der Waals surface area contributed by atoms with Gasteiger partial charge in [0.05, 0.1) is 37.6 Å². The highest BCUT2D eigenvalue weighted by Crippen LogP contribution is 2.37. The number of methoxy groups -OCH3 is 1. The number of carbonyl (C=O) groups is 2. The van der Waals surface area contributed by atoms with Gasteiger partial charge in [-0.15, -0.1) is 0 Å². The number of ether oxygens (including phenoxy) is 2. The van der Waals surface area contributed by atoms with Gasteiger partial charge in [-0.1, -0.05) is 42.5 Å². The van der Waals surface area contributed by atoms with Gasteiger partial charge >= 0.3 is 0 Å². The summed E-state index contributed by atoms with van der Waals surface area (Å²) in [6.07, 6.45) is 0.490. The molecule has 9 heteroatoms. The fraction of sp³-hybridized carbons (Fsp3) is 0.364. The molecule has 0 aliphatic carbocycles. The molecule has 8 nitrogen and oxygen atoms in total. The first-order valence-corrected chi connectivity index (χ1v) is 14.3. The molecule has 1 atom stereocenters.